The Labute approximate surface area is 65.4 Å². The smallest absolute Gasteiger partial charge is 0.217 e. The summed E-state index contributed by atoms with van der Waals surface area (Å²) in [5, 5.41) is 0. The van der Waals surface area contributed by atoms with Gasteiger partial charge in [0.05, 0.1) is 0 Å². The van der Waals surface area contributed by atoms with Crippen molar-refractivity contribution in [1.29, 1.82) is 0 Å². The van der Waals surface area contributed by atoms with E-state index in [9.17, 15) is 9.59 Å². The molecule has 0 aliphatic rings. The molecule has 0 aliphatic heterocycles. The molecule has 0 aromatic rings. The van der Waals surface area contributed by atoms with Gasteiger partial charge in [-0.25, -0.2) is 0 Å². The molecule has 0 saturated carbocycles. The maximum absolute atomic E-state index is 10.6. The lowest BCUT2D eigenvalue weighted by molar-refractivity contribution is -0.118. The molecule has 0 radical (unpaired) electrons. The zero-order chi connectivity index (χ0) is 7.98. The summed E-state index contributed by atoms with van der Waals surface area (Å²) in [5.41, 5.74) is 4.85. The highest BCUT2D eigenvalue weighted by Gasteiger charge is 1.99. The molecule has 0 atom stereocenters. The van der Waals surface area contributed by atoms with Crippen molar-refractivity contribution < 1.29 is 9.59 Å². The monoisotopic (exact) mass is 161 g/mol. The second-order valence-electron chi connectivity index (χ2n) is 2.02. The van der Waals surface area contributed by atoms with Gasteiger partial charge in [0.25, 0.3) is 0 Å². The summed E-state index contributed by atoms with van der Waals surface area (Å²) in [4.78, 5) is 20.7. The van der Waals surface area contributed by atoms with E-state index in [0.29, 0.717) is 19.3 Å². The van der Waals surface area contributed by atoms with Crippen molar-refractivity contribution in [3.05, 3.63) is 0 Å². The molecule has 3 nitrogen and oxygen atoms in total. The van der Waals surface area contributed by atoms with Gasteiger partial charge in [-0.1, -0.05) is 0 Å². The number of thiol groups is 1. The van der Waals surface area contributed by atoms with Crippen LogP contribution in [0.3, 0.4) is 0 Å². The van der Waals surface area contributed by atoms with Crippen LogP contribution in [0.4, 0.5) is 0 Å². The van der Waals surface area contributed by atoms with Crippen LogP contribution >= 0.6 is 12.6 Å². The van der Waals surface area contributed by atoms with Crippen molar-refractivity contribution in [3.8, 4) is 0 Å². The van der Waals surface area contributed by atoms with E-state index in [-0.39, 0.29) is 17.4 Å². The molecule has 0 fully saturated rings. The molecule has 0 unspecified atom stereocenters. The van der Waals surface area contributed by atoms with Crippen molar-refractivity contribution in [2.75, 3.05) is 5.75 Å². The molecule has 2 N–H and O–H groups in total. The highest BCUT2D eigenvalue weighted by atomic mass is 32.1. The Hall–Kier alpha value is -0.510. The molecule has 0 saturated heterocycles. The number of nitrogens with two attached hydrogens (primary N) is 1. The van der Waals surface area contributed by atoms with Gasteiger partial charge in [-0.2, -0.15) is 12.6 Å². The topological polar surface area (TPSA) is 60.2 Å². The van der Waals surface area contributed by atoms with E-state index in [1.165, 1.54) is 0 Å². The van der Waals surface area contributed by atoms with Crippen molar-refractivity contribution >= 4 is 24.3 Å². The van der Waals surface area contributed by atoms with Gasteiger partial charge >= 0.3 is 0 Å². The second kappa shape index (κ2) is 5.29. The van der Waals surface area contributed by atoms with E-state index in [1.807, 2.05) is 0 Å². The van der Waals surface area contributed by atoms with Crippen molar-refractivity contribution in [3.63, 3.8) is 0 Å². The van der Waals surface area contributed by atoms with Crippen molar-refractivity contribution in [2.45, 2.75) is 19.3 Å². The van der Waals surface area contributed by atoms with Gasteiger partial charge in [-0.05, 0) is 6.42 Å². The van der Waals surface area contributed by atoms with Crippen LogP contribution in [0.2, 0.25) is 0 Å². The Morgan fingerprint density at radius 2 is 1.90 bits per heavy atom. The predicted molar refractivity (Wildman–Crippen MR) is 41.9 cm³/mol. The van der Waals surface area contributed by atoms with Crippen LogP contribution in [0.25, 0.3) is 0 Å². The average molecular weight is 161 g/mol. The molecule has 0 aromatic heterocycles. The van der Waals surface area contributed by atoms with Crippen LogP contribution < -0.4 is 5.73 Å². The second-order valence-corrected chi connectivity index (χ2v) is 2.33. The third kappa shape index (κ3) is 5.62. The van der Waals surface area contributed by atoms with Crippen LogP contribution in [-0.4, -0.2) is 17.4 Å². The molecule has 0 aromatic carbocycles. The zero-order valence-corrected chi connectivity index (χ0v) is 6.56. The minimum Gasteiger partial charge on any atom is -0.370 e. The number of carbonyl (C=O) groups is 2. The van der Waals surface area contributed by atoms with Crippen LogP contribution in [0.15, 0.2) is 0 Å². The van der Waals surface area contributed by atoms with E-state index in [4.69, 9.17) is 5.73 Å². The first-order chi connectivity index (χ1) is 4.66. The van der Waals surface area contributed by atoms with Gasteiger partial charge in [0.2, 0.25) is 5.91 Å². The SMILES string of the molecule is NC(=O)CCCC(=O)CS. The third-order valence-corrected chi connectivity index (χ3v) is 1.41. The minimum atomic E-state index is -0.355. The van der Waals surface area contributed by atoms with Crippen molar-refractivity contribution in [2.24, 2.45) is 5.73 Å². The van der Waals surface area contributed by atoms with E-state index in [0.717, 1.165) is 0 Å². The fourth-order valence-electron chi connectivity index (χ4n) is 0.539. The fraction of sp³-hybridized carbons (Fsp3) is 0.667. The molecule has 1 amide bonds. The summed E-state index contributed by atoms with van der Waals surface area (Å²) in [6.45, 7) is 0. The van der Waals surface area contributed by atoms with Gasteiger partial charge < -0.3 is 5.73 Å². The molecule has 0 aliphatic carbocycles. The highest BCUT2D eigenvalue weighted by Crippen LogP contribution is 1.96. The molecule has 58 valence electrons. The number of Topliss-reactive ketones (excluding diaryl/α,β-unsaturated/α-hetero) is 1. The third-order valence-electron chi connectivity index (χ3n) is 1.06. The minimum absolute atomic E-state index is 0.0598. The number of ketones is 1. The van der Waals surface area contributed by atoms with E-state index < -0.39 is 0 Å². The Bertz CT molecular complexity index is 136. The Balaban J connectivity index is 3.20. The average Bonchev–Trinajstić information content (AvgIpc) is 1.87. The molecule has 0 spiro atoms. The summed E-state index contributed by atoms with van der Waals surface area (Å²) in [6.07, 6.45) is 1.25. The van der Waals surface area contributed by atoms with Gasteiger partial charge in [0.15, 0.2) is 0 Å². The molecule has 0 heterocycles. The largest absolute Gasteiger partial charge is 0.370 e. The number of primary amides is 1. The quantitative estimate of drug-likeness (QED) is 0.563. The van der Waals surface area contributed by atoms with Crippen LogP contribution in [0.1, 0.15) is 19.3 Å². The van der Waals surface area contributed by atoms with E-state index in [2.05, 4.69) is 12.6 Å². The highest BCUT2D eigenvalue weighted by molar-refractivity contribution is 7.81. The van der Waals surface area contributed by atoms with E-state index in [1.54, 1.807) is 0 Å². The Kier molecular flexibility index (Phi) is 5.02. The fourth-order valence-corrected chi connectivity index (χ4v) is 0.697. The van der Waals surface area contributed by atoms with Crippen LogP contribution in [-0.2, 0) is 9.59 Å². The number of carbonyl (C=O) groups excluding carboxylic acids is 2. The molecule has 0 bridgehead atoms. The predicted octanol–water partition coefficient (Wildman–Crippen LogP) is 0.141. The van der Waals surface area contributed by atoms with Crippen molar-refractivity contribution in [1.82, 2.24) is 0 Å². The summed E-state index contributed by atoms with van der Waals surface area (Å²) in [5.74, 6) is -0.0461. The Morgan fingerprint density at radius 3 is 2.30 bits per heavy atom. The van der Waals surface area contributed by atoms with Gasteiger partial charge in [0, 0.05) is 18.6 Å². The summed E-state index contributed by atoms with van der Waals surface area (Å²) < 4.78 is 0. The summed E-state index contributed by atoms with van der Waals surface area (Å²) in [7, 11) is 0. The number of amides is 1. The summed E-state index contributed by atoms with van der Waals surface area (Å²) >= 11 is 3.77. The normalized spacial score (nSPS) is 9.30. The molecule has 0 rings (SSSR count). The lowest BCUT2D eigenvalue weighted by Gasteiger charge is -1.93. The lowest BCUT2D eigenvalue weighted by atomic mass is 10.2. The first kappa shape index (κ1) is 9.49. The Morgan fingerprint density at radius 1 is 1.30 bits per heavy atom. The van der Waals surface area contributed by atoms with Crippen LogP contribution in [0.5, 0.6) is 0 Å². The zero-order valence-electron chi connectivity index (χ0n) is 5.67. The molecule has 10 heavy (non-hydrogen) atoms. The van der Waals surface area contributed by atoms with E-state index >= 15 is 0 Å². The number of rotatable bonds is 5. The molecular weight excluding hydrogens is 150 g/mol. The summed E-state index contributed by atoms with van der Waals surface area (Å²) in [6, 6.07) is 0. The maximum Gasteiger partial charge on any atom is 0.217 e. The maximum atomic E-state index is 10.6. The van der Waals surface area contributed by atoms with Gasteiger partial charge in [0.1, 0.15) is 5.78 Å². The van der Waals surface area contributed by atoms with Crippen LogP contribution in [0, 0.1) is 0 Å². The van der Waals surface area contributed by atoms with Gasteiger partial charge in [-0.15, -0.1) is 0 Å². The molecular formula is C6H11NO2S. The van der Waals surface area contributed by atoms with Gasteiger partial charge in [-0.3, -0.25) is 9.59 Å². The lowest BCUT2D eigenvalue weighted by Crippen LogP contribution is -2.11. The molecule has 4 heteroatoms. The number of hydrogen-bond acceptors (Lipinski definition) is 3. The first-order valence-electron chi connectivity index (χ1n) is 3.07. The number of hydrogen-bond donors (Lipinski definition) is 2. The first-order valence-corrected chi connectivity index (χ1v) is 3.71. The standard InChI is InChI=1S/C6H11NO2S/c7-6(9)3-1-2-5(8)4-10/h10H,1-4H2,(H2,7,9).